The van der Waals surface area contributed by atoms with E-state index in [2.05, 4.69) is 12.2 Å². The van der Waals surface area contributed by atoms with Crippen molar-refractivity contribution in [1.82, 2.24) is 5.32 Å². The Bertz CT molecular complexity index is 561. The molecule has 0 bridgehead atoms. The molecule has 1 atom stereocenters. The van der Waals surface area contributed by atoms with Gasteiger partial charge in [0.25, 0.3) is 0 Å². The van der Waals surface area contributed by atoms with E-state index in [4.69, 9.17) is 5.11 Å². The summed E-state index contributed by atoms with van der Waals surface area (Å²) in [6.45, 7) is 2.61. The van der Waals surface area contributed by atoms with Crippen LogP contribution in [-0.2, 0) is 19.7 Å². The molecule has 1 unspecified atom stereocenters. The molecule has 1 amide bonds. The number of carbonyl (C=O) groups excluding carboxylic acids is 1. The van der Waals surface area contributed by atoms with Crippen LogP contribution in [0.3, 0.4) is 0 Å². The Kier molecular flexibility index (Phi) is 29.2. The topological polar surface area (TPSA) is 124 Å². The summed E-state index contributed by atoms with van der Waals surface area (Å²) in [6.07, 6.45) is 19.2. The maximum Gasteiger partial charge on any atom is 1.00 e. The molecular weight excluding hydrogens is 452 g/mol. The third-order valence-electron chi connectivity index (χ3n) is 5.35. The molecule has 2 N–H and O–H groups in total. The molecule has 0 fully saturated rings. The minimum absolute atomic E-state index is 0. The van der Waals surface area contributed by atoms with E-state index < -0.39 is 33.7 Å². The first-order valence-electron chi connectivity index (χ1n) is 11.7. The molecule has 7 nitrogen and oxygen atoms in total. The molecule has 0 saturated heterocycles. The number of hydrogen-bond donors (Lipinski definition) is 2. The van der Waals surface area contributed by atoms with Gasteiger partial charge in [-0.1, -0.05) is 103 Å². The molecule has 0 heterocycles. The summed E-state index contributed by atoms with van der Waals surface area (Å²) in [5, 5.41) is 8.98. The van der Waals surface area contributed by atoms with Crippen molar-refractivity contribution >= 4 is 22.0 Å². The number of aliphatic carboxylic acids is 1. The second-order valence-corrected chi connectivity index (χ2v) is 9.73. The Morgan fingerprint density at radius 2 is 1.09 bits per heavy atom. The maximum absolute atomic E-state index is 11.6. The third kappa shape index (κ3) is 24.0. The molecule has 0 aliphatic rings. The summed E-state index contributed by atoms with van der Waals surface area (Å²) in [5.41, 5.74) is 0. The quantitative estimate of drug-likeness (QED) is 0.117. The number of carbonyl (C=O) groups is 2. The van der Waals surface area contributed by atoms with Crippen LogP contribution in [-0.4, -0.2) is 41.7 Å². The second kappa shape index (κ2) is 25.0. The third-order valence-corrected chi connectivity index (χ3v) is 6.41. The fraction of sp³-hybridized carbons (Fsp3) is 0.909. The van der Waals surface area contributed by atoms with Crippen molar-refractivity contribution in [2.45, 2.75) is 121 Å². The van der Waals surface area contributed by atoms with Crippen molar-refractivity contribution in [3.63, 3.8) is 0 Å². The monoisotopic (exact) mass is 494 g/mol. The van der Waals surface area contributed by atoms with Crippen molar-refractivity contribution in [2.24, 2.45) is 0 Å². The van der Waals surface area contributed by atoms with E-state index >= 15 is 0 Å². The zero-order valence-electron chi connectivity index (χ0n) is 20.7. The Morgan fingerprint density at radius 1 is 0.750 bits per heavy atom. The predicted octanol–water partition coefficient (Wildman–Crippen LogP) is -1.24. The molecule has 178 valence electrons. The number of nitrogens with one attached hydrogen (secondary N) is 1. The van der Waals surface area contributed by atoms with Gasteiger partial charge in [-0.3, -0.25) is 9.59 Å². The molecule has 0 aromatic heterocycles. The van der Waals surface area contributed by atoms with Crippen LogP contribution in [0.15, 0.2) is 0 Å². The molecule has 0 saturated carbocycles. The Labute approximate surface area is 240 Å². The number of carboxylic acid groups (broad SMARTS) is 1. The first-order valence-corrected chi connectivity index (χ1v) is 13.2. The van der Waals surface area contributed by atoms with Gasteiger partial charge in [-0.25, -0.2) is 8.42 Å². The average molecular weight is 495 g/mol. The standard InChI is InChI=1S/C22H43NO6S.2Na/c1-2-3-4-5-6-7-8-9-10-11-12-13-14-15-16-17-18-23-21(24)19-20(22(25)26)30(27,28)29;;/h20H,2-19H2,1H3,(H,23,24)(H,25,26)(H,27,28,29);;/q;2*+1/p-1. The van der Waals surface area contributed by atoms with Crippen LogP contribution in [0.4, 0.5) is 0 Å². The molecule has 0 aliphatic carbocycles. The molecule has 0 aromatic carbocycles. The summed E-state index contributed by atoms with van der Waals surface area (Å²) in [7, 11) is -5.03. The molecule has 0 aromatic rings. The largest absolute Gasteiger partial charge is 1.00 e. The van der Waals surface area contributed by atoms with Crippen LogP contribution in [0, 0.1) is 0 Å². The van der Waals surface area contributed by atoms with E-state index in [0.29, 0.717) is 6.54 Å². The van der Waals surface area contributed by atoms with Crippen LogP contribution in [0.1, 0.15) is 116 Å². The van der Waals surface area contributed by atoms with Crippen molar-refractivity contribution in [1.29, 1.82) is 0 Å². The van der Waals surface area contributed by atoms with Crippen LogP contribution in [0.25, 0.3) is 0 Å². The molecule has 32 heavy (non-hydrogen) atoms. The van der Waals surface area contributed by atoms with Crippen LogP contribution in [0.2, 0.25) is 0 Å². The van der Waals surface area contributed by atoms with E-state index in [9.17, 15) is 22.6 Å². The van der Waals surface area contributed by atoms with Crippen molar-refractivity contribution in [3.05, 3.63) is 0 Å². The van der Waals surface area contributed by atoms with Crippen molar-refractivity contribution in [3.8, 4) is 0 Å². The zero-order chi connectivity index (χ0) is 22.7. The number of carboxylic acids is 1. The van der Waals surface area contributed by atoms with Gasteiger partial charge >= 0.3 is 65.1 Å². The first-order chi connectivity index (χ1) is 14.3. The first kappa shape index (κ1) is 37.4. The maximum atomic E-state index is 11.6. The van der Waals surface area contributed by atoms with E-state index in [1.165, 1.54) is 83.5 Å². The van der Waals surface area contributed by atoms with Gasteiger partial charge in [-0.2, -0.15) is 0 Å². The van der Waals surface area contributed by atoms with E-state index in [-0.39, 0.29) is 59.1 Å². The number of amides is 1. The fourth-order valence-corrected chi connectivity index (χ4v) is 4.06. The molecule has 10 heteroatoms. The fourth-order valence-electron chi connectivity index (χ4n) is 3.45. The van der Waals surface area contributed by atoms with E-state index in [1.807, 2.05) is 0 Å². The summed E-state index contributed by atoms with van der Waals surface area (Å²) in [6, 6.07) is 0. The second-order valence-electron chi connectivity index (χ2n) is 8.18. The van der Waals surface area contributed by atoms with E-state index in [1.54, 1.807) is 0 Å². The zero-order valence-corrected chi connectivity index (χ0v) is 25.5. The Morgan fingerprint density at radius 3 is 1.41 bits per heavy atom. The SMILES string of the molecule is CCCCCCCCCCCCCCCCCCNC(=O)CC(C(=O)O)S(=O)(=O)[O-].[Na+].[Na+]. The minimum Gasteiger partial charge on any atom is -0.747 e. The molecule has 0 rings (SSSR count). The number of hydrogen-bond acceptors (Lipinski definition) is 5. The van der Waals surface area contributed by atoms with Gasteiger partial charge in [-0.05, 0) is 6.42 Å². The normalized spacial score (nSPS) is 11.8. The van der Waals surface area contributed by atoms with Gasteiger partial charge in [0.05, 0.1) is 6.42 Å². The van der Waals surface area contributed by atoms with Crippen LogP contribution >= 0.6 is 0 Å². The molecule has 0 spiro atoms. The van der Waals surface area contributed by atoms with Crippen LogP contribution in [0.5, 0.6) is 0 Å². The Balaban J connectivity index is -0.00000420. The Hall–Kier alpha value is 0.850. The smallest absolute Gasteiger partial charge is 0.747 e. The van der Waals surface area contributed by atoms with Crippen molar-refractivity contribution < 1.29 is 86.8 Å². The van der Waals surface area contributed by atoms with Gasteiger partial charge in [-0.15, -0.1) is 0 Å². The molecular formula is C22H42NNa2O6S+. The summed E-state index contributed by atoms with van der Waals surface area (Å²) in [4.78, 5) is 22.3. The van der Waals surface area contributed by atoms with Gasteiger partial charge < -0.3 is 15.0 Å². The average Bonchev–Trinajstić information content (AvgIpc) is 2.67. The summed E-state index contributed by atoms with van der Waals surface area (Å²) in [5.74, 6) is -2.51. The summed E-state index contributed by atoms with van der Waals surface area (Å²) >= 11 is 0. The predicted molar refractivity (Wildman–Crippen MR) is 118 cm³/mol. The van der Waals surface area contributed by atoms with Gasteiger partial charge in [0.2, 0.25) is 5.91 Å². The minimum atomic E-state index is -5.03. The van der Waals surface area contributed by atoms with Crippen molar-refractivity contribution in [2.75, 3.05) is 6.54 Å². The van der Waals surface area contributed by atoms with Crippen LogP contribution < -0.4 is 64.4 Å². The number of unbranched alkanes of at least 4 members (excludes halogenated alkanes) is 15. The van der Waals surface area contributed by atoms with E-state index in [0.717, 1.165) is 19.3 Å². The molecule has 0 aliphatic heterocycles. The van der Waals surface area contributed by atoms with Gasteiger partial charge in [0.15, 0.2) is 5.25 Å². The van der Waals surface area contributed by atoms with Gasteiger partial charge in [0, 0.05) is 6.54 Å². The summed E-state index contributed by atoms with van der Waals surface area (Å²) < 4.78 is 32.5. The number of rotatable bonds is 21. The van der Waals surface area contributed by atoms with Gasteiger partial charge in [0.1, 0.15) is 10.1 Å². The molecule has 0 radical (unpaired) electrons.